The van der Waals surface area contributed by atoms with Gasteiger partial charge in [0, 0.05) is 18.7 Å². The van der Waals surface area contributed by atoms with E-state index in [1.165, 1.54) is 30.6 Å². The van der Waals surface area contributed by atoms with E-state index in [9.17, 15) is 0 Å². The van der Waals surface area contributed by atoms with E-state index >= 15 is 0 Å². The highest BCUT2D eigenvalue weighted by Gasteiger charge is 2.21. The van der Waals surface area contributed by atoms with Gasteiger partial charge >= 0.3 is 0 Å². The Labute approximate surface area is 102 Å². The fourth-order valence-electron chi connectivity index (χ4n) is 2.65. The molecule has 1 saturated carbocycles. The van der Waals surface area contributed by atoms with Gasteiger partial charge in [-0.2, -0.15) is 0 Å². The van der Waals surface area contributed by atoms with Crippen LogP contribution >= 0.6 is 0 Å². The summed E-state index contributed by atoms with van der Waals surface area (Å²) >= 11 is 0. The lowest BCUT2D eigenvalue weighted by Crippen LogP contribution is -2.16. The third-order valence-electron chi connectivity index (χ3n) is 3.86. The fraction of sp³-hybridized carbons (Fsp3) is 0.500. The Kier molecular flexibility index (Phi) is 2.54. The molecule has 0 radical (unpaired) electrons. The Morgan fingerprint density at radius 2 is 2.24 bits per heavy atom. The van der Waals surface area contributed by atoms with Crippen molar-refractivity contribution in [3.8, 4) is 0 Å². The molecule has 0 unspecified atom stereocenters. The molecule has 1 aromatic heterocycles. The minimum atomic E-state index is 0.822. The Bertz CT molecular complexity index is 538. The zero-order valence-electron chi connectivity index (χ0n) is 10.3. The summed E-state index contributed by atoms with van der Waals surface area (Å²) in [5.41, 5.74) is 8.94. The monoisotopic (exact) mass is 229 g/mol. The highest BCUT2D eigenvalue weighted by Crippen LogP contribution is 2.30. The minimum Gasteiger partial charge on any atom is -0.399 e. The number of benzene rings is 1. The number of hydrogen-bond donors (Lipinski definition) is 1. The topological polar surface area (TPSA) is 43.8 Å². The van der Waals surface area contributed by atoms with Gasteiger partial charge in [-0.15, -0.1) is 0 Å². The van der Waals surface area contributed by atoms with Crippen molar-refractivity contribution >= 4 is 16.7 Å². The van der Waals surface area contributed by atoms with E-state index in [-0.39, 0.29) is 0 Å². The van der Waals surface area contributed by atoms with Crippen molar-refractivity contribution in [2.75, 3.05) is 5.73 Å². The van der Waals surface area contributed by atoms with Crippen LogP contribution in [0.25, 0.3) is 11.0 Å². The van der Waals surface area contributed by atoms with E-state index in [1.54, 1.807) is 0 Å². The quantitative estimate of drug-likeness (QED) is 0.822. The summed E-state index contributed by atoms with van der Waals surface area (Å²) in [6.45, 7) is 3.15. The van der Waals surface area contributed by atoms with Gasteiger partial charge in [0.25, 0.3) is 0 Å². The molecule has 0 aliphatic heterocycles. The van der Waals surface area contributed by atoms with Crippen LogP contribution in [0.1, 0.15) is 32.0 Å². The molecule has 1 aromatic carbocycles. The smallest absolute Gasteiger partial charge is 0.110 e. The largest absolute Gasteiger partial charge is 0.399 e. The second-order valence-corrected chi connectivity index (χ2v) is 5.02. The van der Waals surface area contributed by atoms with Gasteiger partial charge in [-0.3, -0.25) is 0 Å². The zero-order chi connectivity index (χ0) is 11.8. The summed E-state index contributed by atoms with van der Waals surface area (Å²) in [4.78, 5) is 4.75. The first-order valence-corrected chi connectivity index (χ1v) is 6.52. The lowest BCUT2D eigenvalue weighted by Gasteiger charge is -2.25. The van der Waals surface area contributed by atoms with Crippen LogP contribution in [0.5, 0.6) is 0 Å². The number of anilines is 1. The van der Waals surface area contributed by atoms with Crippen molar-refractivity contribution in [3.63, 3.8) is 0 Å². The van der Waals surface area contributed by atoms with E-state index in [0.29, 0.717) is 0 Å². The van der Waals surface area contributed by atoms with Crippen LogP contribution in [0, 0.1) is 5.92 Å². The molecule has 90 valence electrons. The number of hydrogen-bond acceptors (Lipinski definition) is 2. The molecule has 3 heteroatoms. The van der Waals surface area contributed by atoms with Gasteiger partial charge in [0.05, 0.1) is 11.0 Å². The summed E-state index contributed by atoms with van der Waals surface area (Å²) in [5.74, 6) is 2.09. The first-order valence-electron chi connectivity index (χ1n) is 6.52. The number of fused-ring (bicyclic) bond motifs is 1. The maximum atomic E-state index is 5.85. The number of nitrogens with two attached hydrogens (primary N) is 1. The molecule has 2 aromatic rings. The normalized spacial score (nSPS) is 16.3. The van der Waals surface area contributed by atoms with Gasteiger partial charge in [0.1, 0.15) is 5.82 Å². The van der Waals surface area contributed by atoms with Crippen LogP contribution in [-0.4, -0.2) is 9.55 Å². The van der Waals surface area contributed by atoms with Crippen molar-refractivity contribution in [2.45, 2.75) is 39.2 Å². The molecule has 0 amide bonds. The highest BCUT2D eigenvalue weighted by atomic mass is 15.1. The molecular weight excluding hydrogens is 210 g/mol. The third kappa shape index (κ3) is 1.79. The Balaban J connectivity index is 2.04. The summed E-state index contributed by atoms with van der Waals surface area (Å²) in [7, 11) is 0. The lowest BCUT2D eigenvalue weighted by molar-refractivity contribution is 0.306. The van der Waals surface area contributed by atoms with Crippen molar-refractivity contribution in [1.29, 1.82) is 0 Å². The van der Waals surface area contributed by atoms with Gasteiger partial charge in [-0.05, 0) is 31.0 Å². The molecule has 1 aliphatic rings. The Hall–Kier alpha value is -1.51. The van der Waals surface area contributed by atoms with Crippen molar-refractivity contribution in [1.82, 2.24) is 9.55 Å². The van der Waals surface area contributed by atoms with Crippen molar-refractivity contribution in [2.24, 2.45) is 5.92 Å². The van der Waals surface area contributed by atoms with E-state index in [2.05, 4.69) is 11.5 Å². The number of nitrogen functional groups attached to an aromatic ring is 1. The number of nitrogens with zero attached hydrogens (tertiary/aromatic N) is 2. The second kappa shape index (κ2) is 4.06. The van der Waals surface area contributed by atoms with Gasteiger partial charge in [0.15, 0.2) is 0 Å². The molecule has 0 atom stereocenters. The maximum Gasteiger partial charge on any atom is 0.110 e. The molecule has 3 rings (SSSR count). The molecule has 1 aliphatic carbocycles. The first kappa shape index (κ1) is 10.6. The Morgan fingerprint density at radius 3 is 2.88 bits per heavy atom. The third-order valence-corrected chi connectivity index (χ3v) is 3.86. The minimum absolute atomic E-state index is 0.822. The standard InChI is InChI=1S/C14H19N3/c1-2-17-13-9-11(15)6-7-12(13)16-14(17)8-10-4-3-5-10/h6-7,9-10H,2-5,8,15H2,1H3. The number of rotatable bonds is 3. The van der Waals surface area contributed by atoms with E-state index in [0.717, 1.165) is 30.1 Å². The summed E-state index contributed by atoms with van der Waals surface area (Å²) in [6, 6.07) is 6.00. The van der Waals surface area contributed by atoms with Crippen LogP contribution in [0.3, 0.4) is 0 Å². The van der Waals surface area contributed by atoms with Crippen LogP contribution in [0.15, 0.2) is 18.2 Å². The lowest BCUT2D eigenvalue weighted by atomic mass is 9.83. The fourth-order valence-corrected chi connectivity index (χ4v) is 2.65. The molecule has 17 heavy (non-hydrogen) atoms. The van der Waals surface area contributed by atoms with Crippen LogP contribution in [-0.2, 0) is 13.0 Å². The van der Waals surface area contributed by atoms with Gasteiger partial charge in [0.2, 0.25) is 0 Å². The van der Waals surface area contributed by atoms with Crippen LogP contribution in [0.4, 0.5) is 5.69 Å². The van der Waals surface area contributed by atoms with E-state index < -0.39 is 0 Å². The number of aromatic nitrogens is 2. The second-order valence-electron chi connectivity index (χ2n) is 5.02. The van der Waals surface area contributed by atoms with E-state index in [1.807, 2.05) is 18.2 Å². The summed E-state index contributed by atoms with van der Waals surface area (Å²) < 4.78 is 2.31. The Morgan fingerprint density at radius 1 is 1.41 bits per heavy atom. The van der Waals surface area contributed by atoms with Gasteiger partial charge < -0.3 is 10.3 Å². The molecule has 0 bridgehead atoms. The maximum absolute atomic E-state index is 5.85. The number of imidazole rings is 1. The predicted molar refractivity (Wildman–Crippen MR) is 70.9 cm³/mol. The zero-order valence-corrected chi connectivity index (χ0v) is 10.3. The molecule has 0 saturated heterocycles. The molecule has 3 nitrogen and oxygen atoms in total. The number of aryl methyl sites for hydroxylation is 1. The average Bonchev–Trinajstić information content (AvgIpc) is 2.60. The van der Waals surface area contributed by atoms with Gasteiger partial charge in [-0.1, -0.05) is 19.3 Å². The van der Waals surface area contributed by atoms with E-state index in [4.69, 9.17) is 10.7 Å². The molecule has 1 fully saturated rings. The van der Waals surface area contributed by atoms with Crippen molar-refractivity contribution < 1.29 is 0 Å². The van der Waals surface area contributed by atoms with Crippen LogP contribution < -0.4 is 5.73 Å². The molecule has 0 spiro atoms. The van der Waals surface area contributed by atoms with Gasteiger partial charge in [-0.25, -0.2) is 4.98 Å². The SMILES string of the molecule is CCn1c(CC2CCC2)nc2ccc(N)cc21. The highest BCUT2D eigenvalue weighted by molar-refractivity contribution is 5.79. The summed E-state index contributed by atoms with van der Waals surface area (Å²) in [6.07, 6.45) is 5.26. The average molecular weight is 229 g/mol. The molecular formula is C14H19N3. The first-order chi connectivity index (χ1) is 8.28. The summed E-state index contributed by atoms with van der Waals surface area (Å²) in [5, 5.41) is 0. The molecule has 1 heterocycles. The van der Waals surface area contributed by atoms with Crippen LogP contribution in [0.2, 0.25) is 0 Å². The molecule has 2 N–H and O–H groups in total. The van der Waals surface area contributed by atoms with Crippen molar-refractivity contribution in [3.05, 3.63) is 24.0 Å². The predicted octanol–water partition coefficient (Wildman–Crippen LogP) is 2.98.